The first-order valence-corrected chi connectivity index (χ1v) is 8.59. The first-order valence-electron chi connectivity index (χ1n) is 8.59. The number of nitrogens with zero attached hydrogens (tertiary/aromatic N) is 5. The quantitative estimate of drug-likeness (QED) is 0.589. The van der Waals surface area contributed by atoms with E-state index in [1.807, 2.05) is 7.05 Å². The van der Waals surface area contributed by atoms with Crippen molar-refractivity contribution < 1.29 is 0 Å². The predicted octanol–water partition coefficient (Wildman–Crippen LogP) is 1.48. The second-order valence-corrected chi connectivity index (χ2v) is 6.27. The normalized spacial score (nSPS) is 13.1. The Morgan fingerprint density at radius 1 is 1.24 bits per heavy atom. The van der Waals surface area contributed by atoms with E-state index in [0.29, 0.717) is 6.54 Å². The van der Waals surface area contributed by atoms with E-state index in [2.05, 4.69) is 82.8 Å². The van der Waals surface area contributed by atoms with E-state index in [1.165, 1.54) is 11.1 Å². The van der Waals surface area contributed by atoms with Gasteiger partial charge in [-0.15, -0.1) is 0 Å². The molecule has 2 aromatic rings. The topological polar surface area (TPSA) is 70.4 Å². The molecule has 0 saturated carbocycles. The van der Waals surface area contributed by atoms with E-state index in [1.54, 1.807) is 11.0 Å². The molecule has 0 aliphatic rings. The third-order valence-corrected chi connectivity index (χ3v) is 4.08. The predicted molar refractivity (Wildman–Crippen MR) is 101 cm³/mol. The number of likely N-dealkylation sites (N-methyl/N-ethyl adjacent to an activating group) is 1. The van der Waals surface area contributed by atoms with Crippen LogP contribution in [0.1, 0.15) is 29.9 Å². The highest BCUT2D eigenvalue weighted by Crippen LogP contribution is 2.17. The molecule has 0 aliphatic heterocycles. The van der Waals surface area contributed by atoms with E-state index in [4.69, 9.17) is 0 Å². The third kappa shape index (κ3) is 5.56. The minimum Gasteiger partial charge on any atom is -0.357 e. The molecule has 1 atom stereocenters. The van der Waals surface area contributed by atoms with Crippen molar-refractivity contribution in [1.29, 1.82) is 0 Å². The Labute approximate surface area is 150 Å². The van der Waals surface area contributed by atoms with Crippen LogP contribution in [0.4, 0.5) is 0 Å². The molecule has 2 rings (SSSR count). The zero-order chi connectivity index (χ0) is 18.2. The van der Waals surface area contributed by atoms with Crippen LogP contribution in [-0.4, -0.2) is 52.8 Å². The average molecular weight is 343 g/mol. The Hall–Kier alpha value is -2.41. The van der Waals surface area contributed by atoms with Gasteiger partial charge in [-0.05, 0) is 33.5 Å². The van der Waals surface area contributed by atoms with Gasteiger partial charge in [0.1, 0.15) is 18.7 Å². The highest BCUT2D eigenvalue weighted by atomic mass is 15.3. The molecule has 0 fully saturated rings. The van der Waals surface area contributed by atoms with Crippen LogP contribution in [0, 0.1) is 6.92 Å². The van der Waals surface area contributed by atoms with Crippen molar-refractivity contribution in [1.82, 2.24) is 30.3 Å². The molecule has 0 spiro atoms. The number of aliphatic imine (C=N–C) groups is 1. The lowest BCUT2D eigenvalue weighted by molar-refractivity contribution is 0.298. The molecule has 1 heterocycles. The van der Waals surface area contributed by atoms with Crippen molar-refractivity contribution in [3.63, 3.8) is 0 Å². The van der Waals surface area contributed by atoms with E-state index in [-0.39, 0.29) is 6.04 Å². The molecule has 1 unspecified atom stereocenters. The summed E-state index contributed by atoms with van der Waals surface area (Å²) >= 11 is 0. The van der Waals surface area contributed by atoms with Crippen LogP contribution in [0.2, 0.25) is 0 Å². The van der Waals surface area contributed by atoms with Gasteiger partial charge in [-0.1, -0.05) is 29.8 Å². The Morgan fingerprint density at radius 2 is 1.96 bits per heavy atom. The van der Waals surface area contributed by atoms with Crippen LogP contribution in [0.3, 0.4) is 0 Å². The average Bonchev–Trinajstić information content (AvgIpc) is 2.99. The number of rotatable bonds is 7. The minimum absolute atomic E-state index is 0.263. The smallest absolute Gasteiger partial charge is 0.191 e. The van der Waals surface area contributed by atoms with Crippen LogP contribution < -0.4 is 10.6 Å². The molecule has 25 heavy (non-hydrogen) atoms. The van der Waals surface area contributed by atoms with E-state index in [0.717, 1.165) is 24.9 Å². The van der Waals surface area contributed by atoms with Gasteiger partial charge in [-0.3, -0.25) is 4.68 Å². The first kappa shape index (κ1) is 18.9. The minimum atomic E-state index is 0.263. The maximum Gasteiger partial charge on any atom is 0.191 e. The van der Waals surface area contributed by atoms with Gasteiger partial charge in [0.25, 0.3) is 0 Å². The lowest BCUT2D eigenvalue weighted by atomic mass is 10.0. The number of nitrogens with one attached hydrogen (secondary N) is 2. The van der Waals surface area contributed by atoms with Gasteiger partial charge in [-0.25, -0.2) is 9.98 Å². The number of guanidine groups is 1. The number of aromatic nitrogens is 3. The van der Waals surface area contributed by atoms with Crippen molar-refractivity contribution >= 4 is 5.96 Å². The van der Waals surface area contributed by atoms with Crippen molar-refractivity contribution in [2.75, 3.05) is 27.2 Å². The second kappa shape index (κ2) is 9.17. The molecular formula is C18H29N7. The first-order chi connectivity index (χ1) is 12.0. The molecule has 0 amide bonds. The monoisotopic (exact) mass is 343 g/mol. The fourth-order valence-corrected chi connectivity index (χ4v) is 2.54. The summed E-state index contributed by atoms with van der Waals surface area (Å²) in [7, 11) is 6.06. The number of hydrogen-bond acceptors (Lipinski definition) is 4. The zero-order valence-corrected chi connectivity index (χ0v) is 15.8. The van der Waals surface area contributed by atoms with E-state index < -0.39 is 0 Å². The van der Waals surface area contributed by atoms with Crippen LogP contribution in [0.25, 0.3) is 0 Å². The maximum absolute atomic E-state index is 4.61. The van der Waals surface area contributed by atoms with Crippen LogP contribution in [0.5, 0.6) is 0 Å². The van der Waals surface area contributed by atoms with Gasteiger partial charge in [-0.2, -0.15) is 5.10 Å². The number of benzene rings is 1. The van der Waals surface area contributed by atoms with Gasteiger partial charge in [0, 0.05) is 20.1 Å². The molecule has 2 N–H and O–H groups in total. The van der Waals surface area contributed by atoms with Crippen LogP contribution in [0.15, 0.2) is 35.6 Å². The highest BCUT2D eigenvalue weighted by Gasteiger charge is 2.14. The van der Waals surface area contributed by atoms with Crippen LogP contribution in [-0.2, 0) is 13.6 Å². The number of hydrogen-bond donors (Lipinski definition) is 2. The summed E-state index contributed by atoms with van der Waals surface area (Å²) in [5.41, 5.74) is 2.56. The van der Waals surface area contributed by atoms with Gasteiger partial charge in [0.15, 0.2) is 5.96 Å². The van der Waals surface area contributed by atoms with Crippen molar-refractivity contribution in [2.45, 2.75) is 26.4 Å². The molecule has 0 bridgehead atoms. The number of aryl methyl sites for hydroxylation is 2. The zero-order valence-electron chi connectivity index (χ0n) is 15.8. The lowest BCUT2D eigenvalue weighted by Gasteiger charge is -2.26. The summed E-state index contributed by atoms with van der Waals surface area (Å²) in [6.07, 6.45) is 1.55. The highest BCUT2D eigenvalue weighted by molar-refractivity contribution is 5.79. The van der Waals surface area contributed by atoms with E-state index in [9.17, 15) is 0 Å². The summed E-state index contributed by atoms with van der Waals surface area (Å²) in [6, 6.07) is 8.94. The Morgan fingerprint density at radius 3 is 2.52 bits per heavy atom. The van der Waals surface area contributed by atoms with Gasteiger partial charge >= 0.3 is 0 Å². The summed E-state index contributed by atoms with van der Waals surface area (Å²) in [5.74, 6) is 1.62. The van der Waals surface area contributed by atoms with Gasteiger partial charge in [0.2, 0.25) is 0 Å². The summed E-state index contributed by atoms with van der Waals surface area (Å²) in [6.45, 7) is 6.23. The molecule has 0 aliphatic carbocycles. The van der Waals surface area contributed by atoms with E-state index >= 15 is 0 Å². The van der Waals surface area contributed by atoms with Gasteiger partial charge < -0.3 is 15.5 Å². The molecule has 136 valence electrons. The largest absolute Gasteiger partial charge is 0.357 e. The Balaban J connectivity index is 2.04. The summed E-state index contributed by atoms with van der Waals surface area (Å²) < 4.78 is 1.74. The second-order valence-electron chi connectivity index (χ2n) is 6.27. The third-order valence-electron chi connectivity index (χ3n) is 4.08. The molecule has 1 aromatic heterocycles. The van der Waals surface area contributed by atoms with Crippen molar-refractivity contribution in [2.24, 2.45) is 12.0 Å². The molecule has 7 heteroatoms. The van der Waals surface area contributed by atoms with Crippen LogP contribution >= 0.6 is 0 Å². The van der Waals surface area contributed by atoms with Crippen molar-refractivity contribution in [3.8, 4) is 0 Å². The summed E-state index contributed by atoms with van der Waals surface area (Å²) in [4.78, 5) is 11.0. The Bertz CT molecular complexity index is 673. The fourth-order valence-electron chi connectivity index (χ4n) is 2.54. The Kier molecular flexibility index (Phi) is 6.94. The molecular weight excluding hydrogens is 314 g/mol. The van der Waals surface area contributed by atoms with Gasteiger partial charge in [0.05, 0.1) is 6.04 Å². The molecule has 7 nitrogen and oxygen atoms in total. The standard InChI is InChI=1S/C18H29N7/c1-6-19-18(21-12-17-22-13-23-25(17)5)20-11-16(24(3)4)15-9-7-14(2)8-10-15/h7-10,13,16H,6,11-12H2,1-5H3,(H2,19,20,21). The molecule has 0 radical (unpaired) electrons. The molecule has 0 saturated heterocycles. The summed E-state index contributed by atoms with van der Waals surface area (Å²) in [5, 5.41) is 10.8. The molecule has 1 aromatic carbocycles. The maximum atomic E-state index is 4.61. The SMILES string of the molecule is CCNC(=NCc1ncnn1C)NCC(c1ccc(C)cc1)N(C)C. The lowest BCUT2D eigenvalue weighted by Crippen LogP contribution is -2.41. The fraction of sp³-hybridized carbons (Fsp3) is 0.500. The van der Waals surface area contributed by atoms with Crippen molar-refractivity contribution in [3.05, 3.63) is 47.5 Å².